The lowest BCUT2D eigenvalue weighted by Crippen LogP contribution is -2.35. The van der Waals surface area contributed by atoms with E-state index in [1.807, 2.05) is 0 Å². The zero-order valence-corrected chi connectivity index (χ0v) is 12.2. The van der Waals surface area contributed by atoms with E-state index in [-0.39, 0.29) is 11.8 Å². The Hall–Kier alpha value is -1.55. The molecule has 108 valence electrons. The molecule has 0 unspecified atom stereocenters. The fourth-order valence-electron chi connectivity index (χ4n) is 2.68. The highest BCUT2D eigenvalue weighted by Crippen LogP contribution is 2.33. The largest absolute Gasteiger partial charge is 0.468 e. The van der Waals surface area contributed by atoms with Crippen molar-refractivity contribution in [1.82, 2.24) is 0 Å². The molecular weight excluding hydrogens is 278 g/mol. The standard InChI is InChI=1S/C15H18ClNO3/c1-20-15(19)13(10-4-2-3-5-10)14(18)17-12-8-6-11(16)7-9-12/h6-10,13H,2-5H2,1H3,(H,17,18)/t13-/m0/s1. The average molecular weight is 296 g/mol. The maximum atomic E-state index is 12.3. The molecule has 20 heavy (non-hydrogen) atoms. The number of ether oxygens (including phenoxy) is 1. The first-order valence-corrected chi connectivity index (χ1v) is 7.14. The summed E-state index contributed by atoms with van der Waals surface area (Å²) < 4.78 is 4.78. The van der Waals surface area contributed by atoms with Crippen LogP contribution in [-0.4, -0.2) is 19.0 Å². The molecule has 1 amide bonds. The smallest absolute Gasteiger partial charge is 0.318 e. The van der Waals surface area contributed by atoms with Gasteiger partial charge < -0.3 is 10.1 Å². The van der Waals surface area contributed by atoms with Crippen molar-refractivity contribution in [2.24, 2.45) is 11.8 Å². The van der Waals surface area contributed by atoms with E-state index >= 15 is 0 Å². The molecule has 1 aliphatic rings. The second kappa shape index (κ2) is 6.75. The van der Waals surface area contributed by atoms with Crippen LogP contribution in [0.4, 0.5) is 5.69 Å². The minimum absolute atomic E-state index is 0.0785. The maximum Gasteiger partial charge on any atom is 0.318 e. The van der Waals surface area contributed by atoms with Crippen molar-refractivity contribution >= 4 is 29.2 Å². The summed E-state index contributed by atoms with van der Waals surface area (Å²) in [5.74, 6) is -1.40. The monoisotopic (exact) mass is 295 g/mol. The van der Waals surface area contributed by atoms with E-state index in [0.717, 1.165) is 25.7 Å². The summed E-state index contributed by atoms with van der Waals surface area (Å²) in [5.41, 5.74) is 0.631. The van der Waals surface area contributed by atoms with Crippen LogP contribution in [-0.2, 0) is 14.3 Å². The van der Waals surface area contributed by atoms with Crippen LogP contribution in [0.2, 0.25) is 5.02 Å². The van der Waals surface area contributed by atoms with Gasteiger partial charge in [-0.15, -0.1) is 0 Å². The summed E-state index contributed by atoms with van der Waals surface area (Å²) in [6.07, 6.45) is 3.92. The number of amides is 1. The SMILES string of the molecule is COC(=O)[C@H](C(=O)Nc1ccc(Cl)cc1)C1CCCC1. The first kappa shape index (κ1) is 14.9. The first-order valence-electron chi connectivity index (χ1n) is 6.76. The molecule has 1 aromatic rings. The number of hydrogen-bond donors (Lipinski definition) is 1. The minimum atomic E-state index is -0.724. The van der Waals surface area contributed by atoms with Crippen LogP contribution in [0.25, 0.3) is 0 Å². The number of anilines is 1. The Morgan fingerprint density at radius 2 is 1.85 bits per heavy atom. The molecule has 1 atom stereocenters. The van der Waals surface area contributed by atoms with Crippen LogP contribution in [0, 0.1) is 11.8 Å². The van der Waals surface area contributed by atoms with E-state index < -0.39 is 11.9 Å². The van der Waals surface area contributed by atoms with E-state index in [2.05, 4.69) is 5.32 Å². The quantitative estimate of drug-likeness (QED) is 0.685. The molecule has 5 heteroatoms. The van der Waals surface area contributed by atoms with Crippen molar-refractivity contribution in [3.8, 4) is 0 Å². The molecule has 0 spiro atoms. The van der Waals surface area contributed by atoms with Gasteiger partial charge in [0, 0.05) is 10.7 Å². The molecular formula is C15H18ClNO3. The van der Waals surface area contributed by atoms with Gasteiger partial charge in [0.15, 0.2) is 0 Å². The summed E-state index contributed by atoms with van der Waals surface area (Å²) in [7, 11) is 1.32. The highest BCUT2D eigenvalue weighted by Gasteiger charge is 2.37. The highest BCUT2D eigenvalue weighted by molar-refractivity contribution is 6.30. The van der Waals surface area contributed by atoms with Crippen molar-refractivity contribution in [3.05, 3.63) is 29.3 Å². The summed E-state index contributed by atoms with van der Waals surface area (Å²) in [6.45, 7) is 0. The van der Waals surface area contributed by atoms with Crippen LogP contribution in [0.15, 0.2) is 24.3 Å². The molecule has 0 aliphatic heterocycles. The van der Waals surface area contributed by atoms with E-state index in [1.54, 1.807) is 24.3 Å². The van der Waals surface area contributed by atoms with Crippen LogP contribution in [0.1, 0.15) is 25.7 Å². The topological polar surface area (TPSA) is 55.4 Å². The van der Waals surface area contributed by atoms with Gasteiger partial charge in [-0.05, 0) is 43.0 Å². The predicted molar refractivity (Wildman–Crippen MR) is 77.5 cm³/mol. The minimum Gasteiger partial charge on any atom is -0.468 e. The zero-order chi connectivity index (χ0) is 14.5. The number of methoxy groups -OCH3 is 1. The van der Waals surface area contributed by atoms with Crippen molar-refractivity contribution < 1.29 is 14.3 Å². The van der Waals surface area contributed by atoms with Gasteiger partial charge in [0.2, 0.25) is 5.91 Å². The molecule has 4 nitrogen and oxygen atoms in total. The third-order valence-corrected chi connectivity index (χ3v) is 3.97. The third kappa shape index (κ3) is 3.51. The van der Waals surface area contributed by atoms with Gasteiger partial charge in [0.25, 0.3) is 0 Å². The number of hydrogen-bond acceptors (Lipinski definition) is 3. The molecule has 0 aromatic heterocycles. The Labute approximate surface area is 123 Å². The van der Waals surface area contributed by atoms with Crippen molar-refractivity contribution in [2.75, 3.05) is 12.4 Å². The summed E-state index contributed by atoms with van der Waals surface area (Å²) in [6, 6.07) is 6.81. The Morgan fingerprint density at radius 1 is 1.25 bits per heavy atom. The molecule has 1 aromatic carbocycles. The lowest BCUT2D eigenvalue weighted by atomic mass is 9.90. The second-order valence-electron chi connectivity index (χ2n) is 5.04. The fraction of sp³-hybridized carbons (Fsp3) is 0.467. The summed E-state index contributed by atoms with van der Waals surface area (Å²) in [5, 5.41) is 3.36. The van der Waals surface area contributed by atoms with Gasteiger partial charge in [-0.2, -0.15) is 0 Å². The molecule has 1 saturated carbocycles. The number of esters is 1. The Kier molecular flexibility index (Phi) is 5.01. The van der Waals surface area contributed by atoms with E-state index in [0.29, 0.717) is 10.7 Å². The second-order valence-corrected chi connectivity index (χ2v) is 5.48. The van der Waals surface area contributed by atoms with Gasteiger partial charge in [-0.3, -0.25) is 9.59 Å². The molecule has 1 fully saturated rings. The Balaban J connectivity index is 2.09. The van der Waals surface area contributed by atoms with E-state index in [1.165, 1.54) is 7.11 Å². The number of halogens is 1. The van der Waals surface area contributed by atoms with Crippen LogP contribution < -0.4 is 5.32 Å². The third-order valence-electron chi connectivity index (χ3n) is 3.72. The van der Waals surface area contributed by atoms with Gasteiger partial charge in [0.1, 0.15) is 5.92 Å². The molecule has 0 radical (unpaired) electrons. The van der Waals surface area contributed by atoms with E-state index in [4.69, 9.17) is 16.3 Å². The van der Waals surface area contributed by atoms with Crippen LogP contribution >= 0.6 is 11.6 Å². The number of carbonyl (C=O) groups excluding carboxylic acids is 2. The van der Waals surface area contributed by atoms with Gasteiger partial charge in [-0.25, -0.2) is 0 Å². The zero-order valence-electron chi connectivity index (χ0n) is 11.4. The molecule has 1 aliphatic carbocycles. The van der Waals surface area contributed by atoms with E-state index in [9.17, 15) is 9.59 Å². The lowest BCUT2D eigenvalue weighted by Gasteiger charge is -2.20. The molecule has 2 rings (SSSR count). The lowest BCUT2D eigenvalue weighted by molar-refractivity contribution is -0.150. The normalized spacial score (nSPS) is 16.7. The van der Waals surface area contributed by atoms with Crippen LogP contribution in [0.5, 0.6) is 0 Å². The number of rotatable bonds is 4. The molecule has 1 N–H and O–H groups in total. The van der Waals surface area contributed by atoms with Crippen LogP contribution in [0.3, 0.4) is 0 Å². The highest BCUT2D eigenvalue weighted by atomic mass is 35.5. The van der Waals surface area contributed by atoms with Crippen molar-refractivity contribution in [2.45, 2.75) is 25.7 Å². The predicted octanol–water partition coefficient (Wildman–Crippen LogP) is 3.26. The Morgan fingerprint density at radius 3 is 2.40 bits per heavy atom. The molecule has 0 saturated heterocycles. The fourth-order valence-corrected chi connectivity index (χ4v) is 2.81. The van der Waals surface area contributed by atoms with Crippen molar-refractivity contribution in [3.63, 3.8) is 0 Å². The van der Waals surface area contributed by atoms with Crippen molar-refractivity contribution in [1.29, 1.82) is 0 Å². The number of benzene rings is 1. The maximum absolute atomic E-state index is 12.3. The number of nitrogens with one attached hydrogen (secondary N) is 1. The Bertz CT molecular complexity index is 480. The number of carbonyl (C=O) groups is 2. The molecule has 0 bridgehead atoms. The summed E-state index contributed by atoms with van der Waals surface area (Å²) >= 11 is 5.80. The summed E-state index contributed by atoms with van der Waals surface area (Å²) in [4.78, 5) is 24.2. The van der Waals surface area contributed by atoms with Gasteiger partial charge in [0.05, 0.1) is 7.11 Å². The molecule has 0 heterocycles. The average Bonchev–Trinajstić information content (AvgIpc) is 2.95. The van der Waals surface area contributed by atoms with Gasteiger partial charge >= 0.3 is 5.97 Å². The van der Waals surface area contributed by atoms with Gasteiger partial charge in [-0.1, -0.05) is 24.4 Å². The first-order chi connectivity index (χ1) is 9.61.